The molecule has 0 unspecified atom stereocenters. The maximum absolute atomic E-state index is 14.1. The Morgan fingerprint density at radius 1 is 0.978 bits per heavy atom. The molecule has 8 nitrogen and oxygen atoms in total. The van der Waals surface area contributed by atoms with E-state index in [-0.39, 0.29) is 23.6 Å². The van der Waals surface area contributed by atoms with E-state index in [4.69, 9.17) is 14.2 Å². The van der Waals surface area contributed by atoms with Crippen molar-refractivity contribution in [3.05, 3.63) is 99.2 Å². The molecule has 0 saturated carbocycles. The topological polar surface area (TPSA) is 93.4 Å². The first-order valence-electron chi connectivity index (χ1n) is 16.1. The lowest BCUT2D eigenvalue weighted by molar-refractivity contribution is 0.0639. The highest BCUT2D eigenvalue weighted by Gasteiger charge is 2.44. The highest BCUT2D eigenvalue weighted by molar-refractivity contribution is 6.09. The zero-order valence-corrected chi connectivity index (χ0v) is 25.5. The fraction of sp³-hybridized carbons (Fsp3) is 0.361. The van der Waals surface area contributed by atoms with Crippen LogP contribution >= 0.6 is 0 Å². The molecule has 8 rings (SSSR count). The van der Waals surface area contributed by atoms with Gasteiger partial charge in [0.15, 0.2) is 17.4 Å². The second-order valence-corrected chi connectivity index (χ2v) is 12.7. The Morgan fingerprint density at radius 2 is 1.83 bits per heavy atom. The number of ether oxygens (including phenoxy) is 1. The lowest BCUT2D eigenvalue weighted by Gasteiger charge is -2.23. The molecule has 3 aromatic heterocycles. The third-order valence-electron chi connectivity index (χ3n) is 10.1. The van der Waals surface area contributed by atoms with Gasteiger partial charge in [0.05, 0.1) is 40.7 Å². The highest BCUT2D eigenvalue weighted by Crippen LogP contribution is 2.48. The number of rotatable bonds is 7. The van der Waals surface area contributed by atoms with Crippen molar-refractivity contribution in [1.29, 1.82) is 0 Å². The number of aromatic amines is 1. The number of carbonyl (C=O) groups excluding carboxylic acids is 1. The first-order valence-corrected chi connectivity index (χ1v) is 16.1. The third-order valence-corrected chi connectivity index (χ3v) is 10.1. The third kappa shape index (κ3) is 4.78. The average Bonchev–Trinajstić information content (AvgIpc) is 3.87. The molecule has 3 aliphatic heterocycles. The number of hydrogen-bond acceptors (Lipinski definition) is 5. The molecule has 2 atom stereocenters. The van der Waals surface area contributed by atoms with E-state index in [1.807, 2.05) is 46.9 Å². The predicted molar refractivity (Wildman–Crippen MR) is 169 cm³/mol. The SMILES string of the molecule is C[C@@H](c1ccc(F)c(F)c1)n1ccc2cc(-c3c4c(nc(CCC5CCOCC5)c3-c3cc(=O)[nH]o3)[C@@H]3CCCN3C4=O)ccc21. The van der Waals surface area contributed by atoms with Gasteiger partial charge in [-0.25, -0.2) is 8.78 Å². The summed E-state index contributed by atoms with van der Waals surface area (Å²) in [6, 6.07) is 13.1. The van der Waals surface area contributed by atoms with E-state index in [1.165, 1.54) is 12.1 Å². The molecule has 236 valence electrons. The zero-order chi connectivity index (χ0) is 31.5. The van der Waals surface area contributed by atoms with E-state index in [0.717, 1.165) is 84.8 Å². The van der Waals surface area contributed by atoms with Crippen molar-refractivity contribution >= 4 is 16.8 Å². The van der Waals surface area contributed by atoms with Gasteiger partial charge >= 0.3 is 0 Å². The van der Waals surface area contributed by atoms with E-state index >= 15 is 0 Å². The van der Waals surface area contributed by atoms with Crippen molar-refractivity contribution in [2.75, 3.05) is 19.8 Å². The van der Waals surface area contributed by atoms with Gasteiger partial charge in [-0.1, -0.05) is 12.1 Å². The van der Waals surface area contributed by atoms with Crippen molar-refractivity contribution in [1.82, 2.24) is 19.6 Å². The average molecular weight is 625 g/mol. The van der Waals surface area contributed by atoms with Crippen LogP contribution in [-0.2, 0) is 11.2 Å². The van der Waals surface area contributed by atoms with Gasteiger partial charge in [0.2, 0.25) is 0 Å². The molecule has 0 bridgehead atoms. The van der Waals surface area contributed by atoms with Gasteiger partial charge in [-0.05, 0) is 92.8 Å². The number of aromatic nitrogens is 3. The number of H-pyrrole nitrogens is 1. The number of aryl methyl sites for hydroxylation is 1. The minimum atomic E-state index is -0.878. The number of hydrogen-bond donors (Lipinski definition) is 1. The van der Waals surface area contributed by atoms with Gasteiger partial charge in [0.1, 0.15) is 0 Å². The Hall–Kier alpha value is -4.57. The minimum Gasteiger partial charge on any atom is -0.381 e. The Bertz CT molecular complexity index is 2040. The van der Waals surface area contributed by atoms with E-state index in [2.05, 4.69) is 5.16 Å². The summed E-state index contributed by atoms with van der Waals surface area (Å²) in [5.41, 5.74) is 5.65. The lowest BCUT2D eigenvalue weighted by Crippen LogP contribution is -2.22. The molecule has 6 heterocycles. The molecule has 3 aliphatic rings. The summed E-state index contributed by atoms with van der Waals surface area (Å²) >= 11 is 0. The zero-order valence-electron chi connectivity index (χ0n) is 25.5. The molecule has 2 aromatic carbocycles. The number of carbonyl (C=O) groups is 1. The number of nitrogens with one attached hydrogen (secondary N) is 1. The second-order valence-electron chi connectivity index (χ2n) is 12.7. The van der Waals surface area contributed by atoms with E-state index < -0.39 is 11.6 Å². The number of halogens is 2. The van der Waals surface area contributed by atoms with Crippen LogP contribution in [0.4, 0.5) is 8.78 Å². The largest absolute Gasteiger partial charge is 0.381 e. The van der Waals surface area contributed by atoms with Crippen LogP contribution in [-0.4, -0.2) is 45.3 Å². The Morgan fingerprint density at radius 3 is 2.61 bits per heavy atom. The van der Waals surface area contributed by atoms with Gasteiger partial charge < -0.3 is 18.7 Å². The summed E-state index contributed by atoms with van der Waals surface area (Å²) < 4.78 is 41.1. The van der Waals surface area contributed by atoms with Crippen LogP contribution in [0.25, 0.3) is 33.4 Å². The molecule has 10 heteroatoms. The molecule has 1 N–H and O–H groups in total. The van der Waals surface area contributed by atoms with Gasteiger partial charge in [0.25, 0.3) is 11.5 Å². The van der Waals surface area contributed by atoms with E-state index in [9.17, 15) is 18.4 Å². The van der Waals surface area contributed by atoms with E-state index in [1.54, 1.807) is 6.07 Å². The molecule has 0 spiro atoms. The number of pyridine rings is 1. The fourth-order valence-electron chi connectivity index (χ4n) is 7.66. The van der Waals surface area contributed by atoms with Gasteiger partial charge in [-0.15, -0.1) is 0 Å². The summed E-state index contributed by atoms with van der Waals surface area (Å²) in [4.78, 5) is 33.6. The van der Waals surface area contributed by atoms with Crippen molar-refractivity contribution in [3.8, 4) is 22.5 Å². The molecule has 0 radical (unpaired) electrons. The number of fused-ring (bicyclic) bond motifs is 4. The van der Waals surface area contributed by atoms with Crippen LogP contribution in [0, 0.1) is 17.6 Å². The summed E-state index contributed by atoms with van der Waals surface area (Å²) in [5.74, 6) is -0.924. The van der Waals surface area contributed by atoms with Crippen molar-refractivity contribution in [3.63, 3.8) is 0 Å². The normalized spacial score (nSPS) is 18.8. The molecular weight excluding hydrogens is 590 g/mol. The molecule has 2 fully saturated rings. The van der Waals surface area contributed by atoms with Crippen LogP contribution in [0.3, 0.4) is 0 Å². The number of benzene rings is 2. The maximum atomic E-state index is 14.1. The standard InChI is InChI=1S/C36H34F2N4O4/c1-20(22-5-7-25(37)26(38)18-22)41-14-10-23-17-24(6-9-28(23)41)32-33(30-19-31(43)40-46-30)27(8-4-21-11-15-45-16-12-21)39-35-29-3-2-13-42(29)36(44)34(32)35/h5-7,9-10,14,17-21,29H,2-4,8,11-13,15-16H2,1H3,(H,40,43)/t20-,29-/m0/s1. The molecule has 5 aromatic rings. The first-order chi connectivity index (χ1) is 22.4. The second kappa shape index (κ2) is 11.3. The maximum Gasteiger partial charge on any atom is 0.280 e. The van der Waals surface area contributed by atoms with Crippen LogP contribution < -0.4 is 5.56 Å². The molecule has 0 aliphatic carbocycles. The van der Waals surface area contributed by atoms with Crippen molar-refractivity contribution in [2.45, 2.75) is 57.5 Å². The number of nitrogens with zero attached hydrogens (tertiary/aromatic N) is 3. The van der Waals surface area contributed by atoms with Gasteiger partial charge in [-0.3, -0.25) is 14.6 Å². The minimum absolute atomic E-state index is 0.0419. The van der Waals surface area contributed by atoms with Gasteiger partial charge in [0, 0.05) is 42.4 Å². The van der Waals surface area contributed by atoms with Crippen LogP contribution in [0.15, 0.2) is 64.0 Å². The van der Waals surface area contributed by atoms with Gasteiger partial charge in [-0.2, -0.15) is 5.16 Å². The smallest absolute Gasteiger partial charge is 0.280 e. The molecule has 2 saturated heterocycles. The Labute approximate surface area is 264 Å². The van der Waals surface area contributed by atoms with Crippen molar-refractivity contribution < 1.29 is 22.8 Å². The van der Waals surface area contributed by atoms with Crippen LogP contribution in [0.2, 0.25) is 0 Å². The predicted octanol–water partition coefficient (Wildman–Crippen LogP) is 7.19. The fourth-order valence-corrected chi connectivity index (χ4v) is 7.66. The molecular formula is C36H34F2N4O4. The number of amides is 1. The monoisotopic (exact) mass is 624 g/mol. The summed E-state index contributed by atoms with van der Waals surface area (Å²) in [5, 5.41) is 3.37. The summed E-state index contributed by atoms with van der Waals surface area (Å²) in [7, 11) is 0. The summed E-state index contributed by atoms with van der Waals surface area (Å²) in [6.45, 7) is 4.15. The van der Waals surface area contributed by atoms with E-state index in [0.29, 0.717) is 41.3 Å². The highest BCUT2D eigenvalue weighted by atomic mass is 19.2. The summed E-state index contributed by atoms with van der Waals surface area (Å²) in [6.07, 6.45) is 7.34. The Balaban J connectivity index is 1.29. The lowest BCUT2D eigenvalue weighted by atomic mass is 9.87. The van der Waals surface area contributed by atoms with Crippen LogP contribution in [0.5, 0.6) is 0 Å². The van der Waals surface area contributed by atoms with Crippen molar-refractivity contribution in [2.24, 2.45) is 5.92 Å². The first kappa shape index (κ1) is 28.9. The molecule has 1 amide bonds. The Kier molecular flexibility index (Phi) is 7.12. The molecule has 46 heavy (non-hydrogen) atoms. The van der Waals surface area contributed by atoms with Crippen LogP contribution in [0.1, 0.15) is 78.4 Å². The quantitative estimate of drug-likeness (QED) is 0.207.